The summed E-state index contributed by atoms with van der Waals surface area (Å²) in [5, 5.41) is 23.9. The molecule has 0 bridgehead atoms. The lowest BCUT2D eigenvalue weighted by atomic mass is 10.2. The van der Waals surface area contributed by atoms with Crippen molar-refractivity contribution in [2.45, 2.75) is 31.3 Å². The fourth-order valence-corrected chi connectivity index (χ4v) is 7.70. The molecule has 4 heterocycles. The Kier molecular flexibility index (Phi) is 7.45. The maximum Gasteiger partial charge on any atom is 0.327 e. The number of fused-ring (bicyclic) bond motifs is 1. The molecule has 0 amide bonds. The van der Waals surface area contributed by atoms with Gasteiger partial charge >= 0.3 is 12.7 Å². The summed E-state index contributed by atoms with van der Waals surface area (Å²) in [4.78, 5) is 24.8. The van der Waals surface area contributed by atoms with Crippen LogP contribution < -0.4 is 15.6 Å². The van der Waals surface area contributed by atoms with Gasteiger partial charge in [-0.25, -0.2) is 14.6 Å². The largest absolute Gasteiger partial charge is 0.505 e. The van der Waals surface area contributed by atoms with Gasteiger partial charge in [0.1, 0.15) is 19.0 Å². The lowest BCUT2D eigenvalue weighted by Gasteiger charge is -2.29. The zero-order chi connectivity index (χ0) is 26.9. The first-order chi connectivity index (χ1) is 18.3. The van der Waals surface area contributed by atoms with Crippen molar-refractivity contribution in [3.63, 3.8) is 0 Å². The van der Waals surface area contributed by atoms with Crippen LogP contribution in [0.25, 0.3) is 17.0 Å². The van der Waals surface area contributed by atoms with E-state index in [-0.39, 0.29) is 42.1 Å². The number of aliphatic hydroxyl groups excluding tert-OH is 2. The molecule has 0 saturated carbocycles. The SMILES string of the molecule is COc1nc(N)nc2c1ncn2C1=C(O)[C@H](O)[C@@H](CO[P@@]2(=O)NC(C(=O)OCc3ccccc3)CCS2)O1. The molecule has 0 aliphatic carbocycles. The van der Waals surface area contributed by atoms with E-state index in [9.17, 15) is 19.6 Å². The van der Waals surface area contributed by atoms with Crippen molar-refractivity contribution in [3.8, 4) is 5.88 Å². The number of benzene rings is 1. The molecule has 2 aliphatic heterocycles. The maximum atomic E-state index is 13.3. The number of nitrogens with one attached hydrogen (secondary N) is 1. The second kappa shape index (κ2) is 10.8. The third-order valence-corrected chi connectivity index (χ3v) is 9.88. The predicted octanol–water partition coefficient (Wildman–Crippen LogP) is 1.82. The maximum absolute atomic E-state index is 13.3. The minimum atomic E-state index is -3.55. The molecule has 1 aromatic carbocycles. The summed E-state index contributed by atoms with van der Waals surface area (Å²) >= 11 is 1.03. The summed E-state index contributed by atoms with van der Waals surface area (Å²) in [7, 11) is 1.40. The van der Waals surface area contributed by atoms with Crippen molar-refractivity contribution >= 4 is 47.1 Å². The third-order valence-electron chi connectivity index (χ3n) is 5.81. The first kappa shape index (κ1) is 26.3. The molecule has 14 nitrogen and oxygen atoms in total. The number of aliphatic hydroxyl groups is 2. The molecule has 202 valence electrons. The fraction of sp³-hybridized carbons (Fsp3) is 0.364. The molecule has 38 heavy (non-hydrogen) atoms. The number of anilines is 1. The number of ether oxygens (including phenoxy) is 3. The highest BCUT2D eigenvalue weighted by molar-refractivity contribution is 8.56. The predicted molar refractivity (Wildman–Crippen MR) is 137 cm³/mol. The van der Waals surface area contributed by atoms with Crippen LogP contribution in [0, 0.1) is 0 Å². The van der Waals surface area contributed by atoms with E-state index >= 15 is 0 Å². The Bertz CT molecular complexity index is 1420. The van der Waals surface area contributed by atoms with Crippen molar-refractivity contribution in [2.24, 2.45) is 0 Å². The number of rotatable bonds is 8. The Hall–Kier alpha value is -3.36. The second-order valence-electron chi connectivity index (χ2n) is 8.36. The lowest BCUT2D eigenvalue weighted by molar-refractivity contribution is -0.147. The zero-order valence-corrected chi connectivity index (χ0v) is 21.8. The van der Waals surface area contributed by atoms with Gasteiger partial charge in [0.15, 0.2) is 29.1 Å². The van der Waals surface area contributed by atoms with Gasteiger partial charge in [0.05, 0.1) is 13.7 Å². The van der Waals surface area contributed by atoms with Crippen LogP contribution in [0.15, 0.2) is 42.4 Å². The Labute approximate surface area is 220 Å². The number of hydrogen-bond donors (Lipinski definition) is 4. The van der Waals surface area contributed by atoms with Crippen molar-refractivity contribution in [1.29, 1.82) is 0 Å². The van der Waals surface area contributed by atoms with Gasteiger partial charge in [0.2, 0.25) is 17.7 Å². The van der Waals surface area contributed by atoms with E-state index in [0.717, 1.165) is 16.9 Å². The van der Waals surface area contributed by atoms with Gasteiger partial charge in [-0.1, -0.05) is 41.7 Å². The van der Waals surface area contributed by atoms with Crippen molar-refractivity contribution in [3.05, 3.63) is 48.0 Å². The molecule has 0 spiro atoms. The number of carbonyl (C=O) groups excluding carboxylic acids is 1. The highest BCUT2D eigenvalue weighted by Gasteiger charge is 2.42. The van der Waals surface area contributed by atoms with E-state index < -0.39 is 36.7 Å². The van der Waals surface area contributed by atoms with E-state index in [4.69, 9.17) is 24.5 Å². The molecular weight excluding hydrogens is 539 g/mol. The summed E-state index contributed by atoms with van der Waals surface area (Å²) in [5.41, 5.74) is 7.01. The quantitative estimate of drug-likeness (QED) is 0.229. The molecule has 2 aromatic heterocycles. The molecule has 5 rings (SSSR count). The van der Waals surface area contributed by atoms with Crippen LogP contribution in [0.5, 0.6) is 5.88 Å². The van der Waals surface area contributed by atoms with Gasteiger partial charge < -0.3 is 34.7 Å². The van der Waals surface area contributed by atoms with Crippen LogP contribution in [-0.4, -0.2) is 73.4 Å². The first-order valence-corrected chi connectivity index (χ1v) is 14.7. The zero-order valence-electron chi connectivity index (χ0n) is 20.1. The first-order valence-electron chi connectivity index (χ1n) is 11.5. The summed E-state index contributed by atoms with van der Waals surface area (Å²) < 4.78 is 36.5. The number of methoxy groups -OCH3 is 1. The standard InChI is InChI=1S/C22H25N6O8PS/c1-33-19-15-18(25-22(23)26-19)28(11-24-15)20-17(30)16(29)14(36-20)10-35-37(32)27-13(7-8-38-37)21(31)34-9-12-5-3-2-4-6-12/h2-6,11,13-14,16,29-30H,7-10H2,1H3,(H,27,32)(H2,23,25,26)/t13?,14-,16-,37+/m1/s1. The Morgan fingerprint density at radius 1 is 1.34 bits per heavy atom. The van der Waals surface area contributed by atoms with Crippen molar-refractivity contribution < 1.29 is 38.3 Å². The molecule has 16 heteroatoms. The summed E-state index contributed by atoms with van der Waals surface area (Å²) in [6.07, 6.45) is -0.892. The van der Waals surface area contributed by atoms with Gasteiger partial charge in [-0.2, -0.15) is 9.97 Å². The second-order valence-corrected chi connectivity index (χ2v) is 12.8. The fourth-order valence-electron chi connectivity index (χ4n) is 3.89. The van der Waals surface area contributed by atoms with E-state index in [1.165, 1.54) is 18.0 Å². The summed E-state index contributed by atoms with van der Waals surface area (Å²) in [6, 6.07) is 8.39. The van der Waals surface area contributed by atoms with Gasteiger partial charge in [0, 0.05) is 5.75 Å². The van der Waals surface area contributed by atoms with Gasteiger partial charge in [-0.05, 0) is 12.0 Å². The van der Waals surface area contributed by atoms with Gasteiger partial charge in [-0.3, -0.25) is 9.36 Å². The molecule has 3 aromatic rings. The third kappa shape index (κ3) is 5.28. The molecule has 1 saturated heterocycles. The van der Waals surface area contributed by atoms with Crippen LogP contribution >= 0.6 is 18.1 Å². The van der Waals surface area contributed by atoms with Crippen molar-refractivity contribution in [1.82, 2.24) is 24.6 Å². The molecule has 1 unspecified atom stereocenters. The summed E-state index contributed by atoms with van der Waals surface area (Å²) in [6.45, 7) is -3.81. The van der Waals surface area contributed by atoms with Gasteiger partial charge in [0.25, 0.3) is 0 Å². The van der Waals surface area contributed by atoms with E-state index in [0.29, 0.717) is 12.2 Å². The topological polar surface area (TPSA) is 193 Å². The van der Waals surface area contributed by atoms with E-state index in [1.54, 1.807) is 0 Å². The number of nitrogens with zero attached hydrogens (tertiary/aromatic N) is 4. The Morgan fingerprint density at radius 2 is 2.13 bits per heavy atom. The smallest absolute Gasteiger partial charge is 0.327 e. The molecule has 1 fully saturated rings. The monoisotopic (exact) mass is 564 g/mol. The average Bonchev–Trinajstić information content (AvgIpc) is 3.46. The minimum absolute atomic E-state index is 0.0926. The Balaban J connectivity index is 1.22. The molecule has 5 N–H and O–H groups in total. The number of aromatic nitrogens is 4. The molecule has 4 atom stereocenters. The highest BCUT2D eigenvalue weighted by atomic mass is 32.7. The molecule has 0 radical (unpaired) electrons. The minimum Gasteiger partial charge on any atom is -0.505 e. The van der Waals surface area contributed by atoms with Crippen LogP contribution in [0.2, 0.25) is 0 Å². The van der Waals surface area contributed by atoms with Crippen LogP contribution in [0.3, 0.4) is 0 Å². The lowest BCUT2D eigenvalue weighted by Crippen LogP contribution is -2.39. The van der Waals surface area contributed by atoms with E-state index in [1.807, 2.05) is 30.3 Å². The number of imidazole rings is 1. The van der Waals surface area contributed by atoms with Crippen LogP contribution in [-0.2, 0) is 30.0 Å². The van der Waals surface area contributed by atoms with Crippen LogP contribution in [0.1, 0.15) is 12.0 Å². The van der Waals surface area contributed by atoms with E-state index in [2.05, 4.69) is 20.0 Å². The molecule has 2 aliphatic rings. The van der Waals surface area contributed by atoms with Crippen molar-refractivity contribution in [2.75, 3.05) is 25.2 Å². The highest BCUT2D eigenvalue weighted by Crippen LogP contribution is 2.59. The number of carbonyl (C=O) groups is 1. The molecular formula is C22H25N6O8PS. The number of esters is 1. The summed E-state index contributed by atoms with van der Waals surface area (Å²) in [5.74, 6) is -0.773. The number of hydrogen-bond acceptors (Lipinski definition) is 13. The van der Waals surface area contributed by atoms with Crippen LogP contribution in [0.4, 0.5) is 5.95 Å². The average molecular weight is 565 g/mol. The number of nitrogens with two attached hydrogens (primary N) is 1. The normalized spacial score (nSPS) is 25.4. The van der Waals surface area contributed by atoms with Gasteiger partial charge in [-0.15, -0.1) is 0 Å². The Morgan fingerprint density at radius 3 is 2.89 bits per heavy atom. The number of nitrogen functional groups attached to an aromatic ring is 1.